The molecule has 0 N–H and O–H groups in total. The minimum absolute atomic E-state index is 0.0846. The second kappa shape index (κ2) is 14.0. The third-order valence-corrected chi connectivity index (χ3v) is 11.0. The van der Waals surface area contributed by atoms with Crippen LogP contribution >= 0.6 is 8.53 Å². The average Bonchev–Trinajstić information content (AvgIpc) is 3.79. The zero-order valence-corrected chi connectivity index (χ0v) is 27.6. The predicted molar refractivity (Wildman–Crippen MR) is 180 cm³/mol. The summed E-state index contributed by atoms with van der Waals surface area (Å²) in [6.07, 6.45) is -0.644. The molecule has 0 spiro atoms. The van der Waals surface area contributed by atoms with Crippen molar-refractivity contribution in [2.75, 3.05) is 27.5 Å². The number of halogens is 1. The molecule has 4 aromatic rings. The molecule has 2 heterocycles. The SMILES string of the molecule is [B][C@H]1CC(OP2OC3c4ccccc4CC3N2C(=O)CF)[C@@H](COC(c2ccccc2)(c2ccc(OC)cc2)c2ccc(OC)cc2)O1. The van der Waals surface area contributed by atoms with Crippen molar-refractivity contribution >= 4 is 22.3 Å². The normalized spacial score (nSPS) is 24.7. The number of fused-ring (bicyclic) bond motifs is 3. The van der Waals surface area contributed by atoms with Crippen LogP contribution in [0, 0.1) is 0 Å². The van der Waals surface area contributed by atoms with Gasteiger partial charge in [0.15, 0.2) is 6.67 Å². The molecule has 7 rings (SSSR count). The Morgan fingerprint density at radius 1 is 0.896 bits per heavy atom. The first-order chi connectivity index (χ1) is 23.4. The summed E-state index contributed by atoms with van der Waals surface area (Å²) in [6.45, 7) is -1.05. The largest absolute Gasteiger partial charge is 0.497 e. The molecule has 4 unspecified atom stereocenters. The number of hydrogen-bond acceptors (Lipinski definition) is 7. The quantitative estimate of drug-likeness (QED) is 0.104. The summed E-state index contributed by atoms with van der Waals surface area (Å²) >= 11 is 0. The number of alkyl halides is 1. The van der Waals surface area contributed by atoms with Crippen LogP contribution in [0.3, 0.4) is 0 Å². The zero-order chi connectivity index (χ0) is 33.3. The monoisotopic (exact) mass is 667 g/mol. The van der Waals surface area contributed by atoms with Crippen molar-refractivity contribution < 1.29 is 37.2 Å². The van der Waals surface area contributed by atoms with E-state index in [-0.39, 0.29) is 18.8 Å². The molecule has 246 valence electrons. The molecular weight excluding hydrogens is 631 g/mol. The smallest absolute Gasteiger partial charge is 0.293 e. The molecule has 0 aromatic heterocycles. The fraction of sp³-hybridized carbons (Fsp3) is 0.324. The molecule has 0 saturated carbocycles. The van der Waals surface area contributed by atoms with Gasteiger partial charge in [0.2, 0.25) is 0 Å². The maximum Gasteiger partial charge on any atom is 0.293 e. The Morgan fingerprint density at radius 2 is 1.50 bits per heavy atom. The maximum atomic E-state index is 13.9. The van der Waals surface area contributed by atoms with Crippen molar-refractivity contribution in [3.8, 4) is 11.5 Å². The Bertz CT molecular complexity index is 1670. The van der Waals surface area contributed by atoms with Crippen LogP contribution in [-0.2, 0) is 35.3 Å². The molecule has 11 heteroatoms. The van der Waals surface area contributed by atoms with Crippen LogP contribution in [0.25, 0.3) is 0 Å². The number of methoxy groups -OCH3 is 2. The highest BCUT2D eigenvalue weighted by Crippen LogP contribution is 2.62. The number of carbonyl (C=O) groups is 1. The Hall–Kier alpha value is -3.79. The van der Waals surface area contributed by atoms with Crippen molar-refractivity contribution in [2.45, 2.75) is 48.8 Å². The van der Waals surface area contributed by atoms with E-state index < -0.39 is 44.9 Å². The van der Waals surface area contributed by atoms with Gasteiger partial charge in [0, 0.05) is 6.00 Å². The van der Waals surface area contributed by atoms with Gasteiger partial charge in [-0.05, 0) is 64.9 Å². The Balaban J connectivity index is 1.20. The Labute approximate surface area is 282 Å². The third-order valence-electron chi connectivity index (χ3n) is 9.30. The zero-order valence-electron chi connectivity index (χ0n) is 26.7. The number of carbonyl (C=O) groups excluding carboxylic acids is 1. The van der Waals surface area contributed by atoms with Gasteiger partial charge in [0.1, 0.15) is 37.2 Å². The van der Waals surface area contributed by atoms with Gasteiger partial charge in [-0.15, -0.1) is 0 Å². The molecule has 0 bridgehead atoms. The first-order valence-corrected chi connectivity index (χ1v) is 17.1. The van der Waals surface area contributed by atoms with Crippen molar-refractivity contribution in [2.24, 2.45) is 0 Å². The number of hydrogen-bond donors (Lipinski definition) is 0. The summed E-state index contributed by atoms with van der Waals surface area (Å²) in [5.74, 6) is 0.778. The summed E-state index contributed by atoms with van der Waals surface area (Å²) in [5.41, 5.74) is 3.65. The van der Waals surface area contributed by atoms with Crippen molar-refractivity contribution in [3.63, 3.8) is 0 Å². The number of benzene rings is 4. The summed E-state index contributed by atoms with van der Waals surface area (Å²) < 4.78 is 52.5. The van der Waals surface area contributed by atoms with Gasteiger partial charge < -0.3 is 28.0 Å². The molecular formula is C37H36BFNO7P. The van der Waals surface area contributed by atoms with Gasteiger partial charge in [-0.25, -0.2) is 4.39 Å². The fourth-order valence-electron chi connectivity index (χ4n) is 6.96. The van der Waals surface area contributed by atoms with Crippen LogP contribution in [-0.4, -0.2) is 70.2 Å². The Morgan fingerprint density at radius 3 is 2.12 bits per heavy atom. The highest BCUT2D eigenvalue weighted by atomic mass is 31.2. The highest BCUT2D eigenvalue weighted by molar-refractivity contribution is 7.45. The van der Waals surface area contributed by atoms with E-state index in [1.54, 1.807) is 14.2 Å². The van der Waals surface area contributed by atoms with E-state index in [4.69, 9.17) is 35.8 Å². The summed E-state index contributed by atoms with van der Waals surface area (Å²) in [4.78, 5) is 13.0. The molecule has 3 aliphatic rings. The van der Waals surface area contributed by atoms with Crippen LogP contribution < -0.4 is 9.47 Å². The predicted octanol–water partition coefficient (Wildman–Crippen LogP) is 6.40. The molecule has 2 fully saturated rings. The topological polar surface area (TPSA) is 75.7 Å². The van der Waals surface area contributed by atoms with E-state index in [0.717, 1.165) is 27.8 Å². The van der Waals surface area contributed by atoms with Gasteiger partial charge in [-0.1, -0.05) is 78.9 Å². The molecule has 2 saturated heterocycles. The van der Waals surface area contributed by atoms with Gasteiger partial charge in [-0.2, -0.15) is 0 Å². The minimum atomic E-state index is -1.92. The van der Waals surface area contributed by atoms with E-state index in [9.17, 15) is 9.18 Å². The molecule has 1 amide bonds. The van der Waals surface area contributed by atoms with E-state index in [2.05, 4.69) is 0 Å². The molecule has 6 atom stereocenters. The summed E-state index contributed by atoms with van der Waals surface area (Å²) in [6, 6.07) is 32.4. The fourth-order valence-corrected chi connectivity index (χ4v) is 8.80. The highest BCUT2D eigenvalue weighted by Gasteiger charge is 2.53. The molecule has 8 nitrogen and oxygen atoms in total. The van der Waals surface area contributed by atoms with E-state index in [1.807, 2.05) is 103 Å². The molecule has 2 aliphatic heterocycles. The third kappa shape index (κ3) is 6.01. The first-order valence-electron chi connectivity index (χ1n) is 15.9. The average molecular weight is 667 g/mol. The van der Waals surface area contributed by atoms with Crippen LogP contribution in [0.1, 0.15) is 40.3 Å². The van der Waals surface area contributed by atoms with Crippen LogP contribution in [0.2, 0.25) is 0 Å². The van der Waals surface area contributed by atoms with E-state index in [0.29, 0.717) is 24.3 Å². The van der Waals surface area contributed by atoms with Crippen LogP contribution in [0.4, 0.5) is 4.39 Å². The minimum Gasteiger partial charge on any atom is -0.497 e. The van der Waals surface area contributed by atoms with Crippen molar-refractivity contribution in [1.82, 2.24) is 4.67 Å². The molecule has 1 aliphatic carbocycles. The van der Waals surface area contributed by atoms with E-state index >= 15 is 0 Å². The molecule has 48 heavy (non-hydrogen) atoms. The van der Waals surface area contributed by atoms with Gasteiger partial charge in [-0.3, -0.25) is 9.46 Å². The van der Waals surface area contributed by atoms with Crippen molar-refractivity contribution in [3.05, 3.63) is 131 Å². The summed E-state index contributed by atoms with van der Waals surface area (Å²) in [5, 5.41) is 0. The maximum absolute atomic E-state index is 13.9. The number of amides is 1. The Kier molecular flexibility index (Phi) is 9.54. The lowest BCUT2D eigenvalue weighted by Crippen LogP contribution is -2.39. The van der Waals surface area contributed by atoms with Gasteiger partial charge in [0.05, 0.1) is 33.0 Å². The number of nitrogens with zero attached hydrogens (tertiary/aromatic N) is 1. The molecule has 2 radical (unpaired) electrons. The lowest BCUT2D eigenvalue weighted by atomic mass is 9.80. The van der Waals surface area contributed by atoms with Crippen LogP contribution in [0.5, 0.6) is 11.5 Å². The standard InChI is InChI=1S/C37H36BFNO7P/c1-42-28-16-12-26(13-17-28)37(25-9-4-3-5-10-25,27-14-18-29(43-2)19-15-27)44-23-33-32(21-34(38)45-33)46-48-40(35(41)22-39)31-20-24-8-6-7-11-30(24)36(31)47-48/h3-19,31-34,36H,20-23H2,1-2H3/t31?,32?,33-,34-,36?,48?/m1/s1. The number of rotatable bonds is 11. The van der Waals surface area contributed by atoms with Gasteiger partial charge in [0.25, 0.3) is 14.4 Å². The lowest BCUT2D eigenvalue weighted by Gasteiger charge is -2.37. The van der Waals surface area contributed by atoms with Crippen LogP contribution in [0.15, 0.2) is 103 Å². The first kappa shape index (κ1) is 32.7. The van der Waals surface area contributed by atoms with E-state index in [1.165, 1.54) is 4.67 Å². The molecule has 4 aromatic carbocycles. The van der Waals surface area contributed by atoms with Crippen molar-refractivity contribution in [1.29, 1.82) is 0 Å². The summed E-state index contributed by atoms with van der Waals surface area (Å²) in [7, 11) is 7.68. The number of ether oxygens (including phenoxy) is 4. The second-order valence-electron chi connectivity index (χ2n) is 12.0. The second-order valence-corrected chi connectivity index (χ2v) is 13.3. The van der Waals surface area contributed by atoms with Gasteiger partial charge >= 0.3 is 0 Å². The lowest BCUT2D eigenvalue weighted by molar-refractivity contribution is -0.129.